The first-order valence-electron chi connectivity index (χ1n) is 6.90. The molecule has 5 heteroatoms. The number of hydrogen-bond acceptors (Lipinski definition) is 5. The number of nitrogens with zero attached hydrogens (tertiary/aromatic N) is 1. The quantitative estimate of drug-likeness (QED) is 0.778. The Morgan fingerprint density at radius 1 is 1.35 bits per heavy atom. The van der Waals surface area contributed by atoms with Crippen molar-refractivity contribution in [2.45, 2.75) is 46.3 Å². The van der Waals surface area contributed by atoms with Crippen LogP contribution in [0, 0.1) is 5.92 Å². The van der Waals surface area contributed by atoms with Crippen LogP contribution in [0.3, 0.4) is 0 Å². The van der Waals surface area contributed by atoms with Gasteiger partial charge < -0.3 is 14.8 Å². The largest absolute Gasteiger partial charge is 0.487 e. The van der Waals surface area contributed by atoms with Gasteiger partial charge in [-0.3, -0.25) is 0 Å². The predicted octanol–water partition coefficient (Wildman–Crippen LogP) is 2.87. The zero-order valence-corrected chi connectivity index (χ0v) is 12.8. The number of hydrogen-bond donors (Lipinski definition) is 1. The Hall–Kier alpha value is -1.78. The van der Waals surface area contributed by atoms with Gasteiger partial charge in [0.05, 0.1) is 13.2 Å². The highest BCUT2D eigenvalue weighted by molar-refractivity contribution is 5.79. The van der Waals surface area contributed by atoms with Gasteiger partial charge in [0.25, 0.3) is 0 Å². The van der Waals surface area contributed by atoms with Crippen molar-refractivity contribution in [3.8, 4) is 5.75 Å². The number of pyridine rings is 1. The van der Waals surface area contributed by atoms with Crippen molar-refractivity contribution >= 4 is 11.8 Å². The summed E-state index contributed by atoms with van der Waals surface area (Å²) in [6.45, 7) is 8.01. The molecule has 1 atom stereocenters. The van der Waals surface area contributed by atoms with Crippen molar-refractivity contribution in [2.24, 2.45) is 5.92 Å². The minimum atomic E-state index is -0.426. The summed E-state index contributed by atoms with van der Waals surface area (Å²) in [6, 6.07) is 3.21. The maximum Gasteiger partial charge on any atom is 0.328 e. The first kappa shape index (κ1) is 16.3. The second-order valence-electron chi connectivity index (χ2n) is 5.37. The number of esters is 1. The Labute approximate surface area is 120 Å². The molecule has 0 bridgehead atoms. The van der Waals surface area contributed by atoms with Crippen LogP contribution in [0.25, 0.3) is 0 Å². The summed E-state index contributed by atoms with van der Waals surface area (Å²) < 4.78 is 10.5. The second-order valence-corrected chi connectivity index (χ2v) is 5.37. The third-order valence-corrected chi connectivity index (χ3v) is 2.64. The fraction of sp³-hybridized carbons (Fsp3) is 0.600. The molecule has 1 rings (SSSR count). The summed E-state index contributed by atoms with van der Waals surface area (Å²) >= 11 is 0. The van der Waals surface area contributed by atoms with Gasteiger partial charge in [-0.25, -0.2) is 9.78 Å². The van der Waals surface area contributed by atoms with Crippen molar-refractivity contribution in [2.75, 3.05) is 12.4 Å². The van der Waals surface area contributed by atoms with E-state index in [1.54, 1.807) is 12.3 Å². The molecule has 0 spiro atoms. The van der Waals surface area contributed by atoms with E-state index in [0.717, 1.165) is 0 Å². The Balaban J connectivity index is 2.89. The molecule has 1 N–H and O–H groups in total. The van der Waals surface area contributed by atoms with E-state index in [0.29, 0.717) is 23.9 Å². The van der Waals surface area contributed by atoms with Crippen LogP contribution < -0.4 is 10.1 Å². The molecule has 1 aromatic heterocycles. The van der Waals surface area contributed by atoms with Gasteiger partial charge in [-0.1, -0.05) is 13.8 Å². The van der Waals surface area contributed by atoms with Crippen LogP contribution in [0.15, 0.2) is 18.3 Å². The molecule has 1 heterocycles. The highest BCUT2D eigenvalue weighted by Crippen LogP contribution is 2.24. The lowest BCUT2D eigenvalue weighted by Crippen LogP contribution is -2.32. The smallest absolute Gasteiger partial charge is 0.328 e. The number of carbonyl (C=O) groups is 1. The molecule has 0 saturated carbocycles. The van der Waals surface area contributed by atoms with Crippen LogP contribution in [-0.4, -0.2) is 30.2 Å². The molecule has 0 aliphatic rings. The normalized spacial score (nSPS) is 12.3. The Morgan fingerprint density at radius 3 is 2.60 bits per heavy atom. The molecule has 0 aromatic carbocycles. The molecule has 1 aromatic rings. The number of aromatic nitrogens is 1. The fourth-order valence-electron chi connectivity index (χ4n) is 1.84. The molecule has 0 saturated heterocycles. The first-order chi connectivity index (χ1) is 9.43. The number of carbonyl (C=O) groups excluding carboxylic acids is 1. The van der Waals surface area contributed by atoms with Gasteiger partial charge in [0.2, 0.25) is 0 Å². The lowest BCUT2D eigenvalue weighted by Gasteiger charge is -2.21. The summed E-state index contributed by atoms with van der Waals surface area (Å²) in [5, 5.41) is 3.12. The van der Waals surface area contributed by atoms with Crippen LogP contribution in [0.1, 0.15) is 34.1 Å². The van der Waals surface area contributed by atoms with Gasteiger partial charge in [0, 0.05) is 6.20 Å². The van der Waals surface area contributed by atoms with Crippen molar-refractivity contribution in [1.82, 2.24) is 4.98 Å². The minimum Gasteiger partial charge on any atom is -0.487 e. The van der Waals surface area contributed by atoms with Crippen molar-refractivity contribution < 1.29 is 14.3 Å². The highest BCUT2D eigenvalue weighted by Gasteiger charge is 2.22. The minimum absolute atomic E-state index is 0.0430. The average Bonchev–Trinajstić information content (AvgIpc) is 2.38. The van der Waals surface area contributed by atoms with Crippen LogP contribution in [-0.2, 0) is 9.53 Å². The molecule has 0 radical (unpaired) electrons. The molecule has 112 valence electrons. The zero-order valence-electron chi connectivity index (χ0n) is 12.8. The van der Waals surface area contributed by atoms with Gasteiger partial charge in [-0.2, -0.15) is 0 Å². The van der Waals surface area contributed by atoms with E-state index in [4.69, 9.17) is 9.47 Å². The third-order valence-electron chi connectivity index (χ3n) is 2.64. The molecule has 5 nitrogen and oxygen atoms in total. The number of nitrogens with one attached hydrogen (secondary N) is 1. The van der Waals surface area contributed by atoms with E-state index < -0.39 is 6.04 Å². The zero-order chi connectivity index (χ0) is 15.1. The van der Waals surface area contributed by atoms with Crippen LogP contribution in [0.5, 0.6) is 5.75 Å². The lowest BCUT2D eigenvalue weighted by molar-refractivity contribution is -0.141. The van der Waals surface area contributed by atoms with Gasteiger partial charge in [0.15, 0.2) is 11.6 Å². The van der Waals surface area contributed by atoms with Crippen LogP contribution in [0.4, 0.5) is 5.82 Å². The average molecular weight is 280 g/mol. The summed E-state index contributed by atoms with van der Waals surface area (Å²) in [6.07, 6.45) is 2.38. The van der Waals surface area contributed by atoms with Crippen LogP contribution in [0.2, 0.25) is 0 Å². The van der Waals surface area contributed by atoms with E-state index >= 15 is 0 Å². The first-order valence-corrected chi connectivity index (χ1v) is 6.90. The number of anilines is 1. The molecule has 0 aliphatic heterocycles. The van der Waals surface area contributed by atoms with E-state index in [1.807, 2.05) is 19.9 Å². The number of methoxy groups -OCH3 is 1. The van der Waals surface area contributed by atoms with E-state index in [2.05, 4.69) is 24.1 Å². The molecule has 0 fully saturated rings. The van der Waals surface area contributed by atoms with Crippen LogP contribution >= 0.6 is 0 Å². The topological polar surface area (TPSA) is 60.5 Å². The molecular weight excluding hydrogens is 256 g/mol. The van der Waals surface area contributed by atoms with E-state index in [1.165, 1.54) is 7.11 Å². The Bertz CT molecular complexity index is 433. The van der Waals surface area contributed by atoms with Crippen molar-refractivity contribution in [1.29, 1.82) is 0 Å². The van der Waals surface area contributed by atoms with Crippen molar-refractivity contribution in [3.63, 3.8) is 0 Å². The summed E-state index contributed by atoms with van der Waals surface area (Å²) in [5.74, 6) is 1.28. The third kappa shape index (κ3) is 5.07. The SMILES string of the molecule is COC(=O)C(CC(C)C)Nc1ncccc1OC(C)C. The number of ether oxygens (including phenoxy) is 2. The Morgan fingerprint density at radius 2 is 2.05 bits per heavy atom. The lowest BCUT2D eigenvalue weighted by atomic mass is 10.0. The molecular formula is C15H24N2O3. The van der Waals surface area contributed by atoms with Crippen molar-refractivity contribution in [3.05, 3.63) is 18.3 Å². The molecule has 0 aliphatic carbocycles. The monoisotopic (exact) mass is 280 g/mol. The van der Waals surface area contributed by atoms with E-state index in [9.17, 15) is 4.79 Å². The molecule has 20 heavy (non-hydrogen) atoms. The van der Waals surface area contributed by atoms with Gasteiger partial charge >= 0.3 is 5.97 Å². The van der Waals surface area contributed by atoms with E-state index in [-0.39, 0.29) is 12.1 Å². The second kappa shape index (κ2) is 7.72. The van der Waals surface area contributed by atoms with Gasteiger partial charge in [-0.05, 0) is 38.3 Å². The molecule has 1 unspecified atom stereocenters. The highest BCUT2D eigenvalue weighted by atomic mass is 16.5. The Kier molecular flexibility index (Phi) is 6.28. The predicted molar refractivity (Wildman–Crippen MR) is 78.9 cm³/mol. The summed E-state index contributed by atoms with van der Waals surface area (Å²) in [7, 11) is 1.39. The maximum absolute atomic E-state index is 11.8. The van der Waals surface area contributed by atoms with Gasteiger partial charge in [-0.15, -0.1) is 0 Å². The fourth-order valence-corrected chi connectivity index (χ4v) is 1.84. The summed E-state index contributed by atoms with van der Waals surface area (Å²) in [5.41, 5.74) is 0. The maximum atomic E-state index is 11.8. The molecule has 0 amide bonds. The summed E-state index contributed by atoms with van der Waals surface area (Å²) in [4.78, 5) is 16.1. The van der Waals surface area contributed by atoms with Gasteiger partial charge in [0.1, 0.15) is 6.04 Å². The standard InChI is InChI=1S/C15H24N2O3/c1-10(2)9-12(15(18)19-5)17-14-13(20-11(3)4)7-6-8-16-14/h6-8,10-12H,9H2,1-5H3,(H,16,17). The number of rotatable bonds is 7.